The van der Waals surface area contributed by atoms with Gasteiger partial charge in [-0.2, -0.15) is 5.10 Å². The van der Waals surface area contributed by atoms with Crippen LogP contribution in [-0.4, -0.2) is 37.0 Å². The van der Waals surface area contributed by atoms with Gasteiger partial charge in [-0.15, -0.1) is 0 Å². The molecule has 6 heteroatoms. The van der Waals surface area contributed by atoms with E-state index in [1.54, 1.807) is 19.2 Å². The quantitative estimate of drug-likeness (QED) is 0.723. The summed E-state index contributed by atoms with van der Waals surface area (Å²) in [4.78, 5) is 0.760. The van der Waals surface area contributed by atoms with Gasteiger partial charge in [0.05, 0.1) is 19.9 Å². The molecule has 4 nitrogen and oxygen atoms in total. The number of benzene rings is 2. The van der Waals surface area contributed by atoms with Crippen molar-refractivity contribution in [1.82, 2.24) is 5.01 Å². The van der Waals surface area contributed by atoms with Gasteiger partial charge in [-0.05, 0) is 29.8 Å². The number of likely N-dealkylation sites (N-methyl/N-ethyl adjacent to an activating group) is 1. The largest absolute Gasteiger partial charge is 0.493 e. The highest BCUT2D eigenvalue weighted by atomic mass is 79.9. The van der Waals surface area contributed by atoms with Gasteiger partial charge in [0.15, 0.2) is 11.5 Å². The molecule has 0 aliphatic carbocycles. The van der Waals surface area contributed by atoms with E-state index in [0.717, 1.165) is 31.9 Å². The lowest BCUT2D eigenvalue weighted by atomic mass is 9.95. The van der Waals surface area contributed by atoms with E-state index in [1.165, 1.54) is 0 Å². The van der Waals surface area contributed by atoms with Crippen molar-refractivity contribution in [3.8, 4) is 11.5 Å². The van der Waals surface area contributed by atoms with Crippen molar-refractivity contribution in [2.75, 3.05) is 21.3 Å². The van der Waals surface area contributed by atoms with Gasteiger partial charge in [-0.1, -0.05) is 40.3 Å². The Labute approximate surface area is 155 Å². The number of hydrogen-bond acceptors (Lipinski definition) is 4. The van der Waals surface area contributed by atoms with Gasteiger partial charge in [0.1, 0.15) is 4.99 Å². The van der Waals surface area contributed by atoms with Crippen LogP contribution in [-0.2, 0) is 6.42 Å². The number of halogens is 1. The van der Waals surface area contributed by atoms with E-state index in [4.69, 9.17) is 26.8 Å². The van der Waals surface area contributed by atoms with Crippen LogP contribution >= 0.6 is 28.1 Å². The van der Waals surface area contributed by atoms with Crippen molar-refractivity contribution in [2.45, 2.75) is 6.42 Å². The summed E-state index contributed by atoms with van der Waals surface area (Å²) in [6.45, 7) is 0. The lowest BCUT2D eigenvalue weighted by molar-refractivity contribution is 0.354. The van der Waals surface area contributed by atoms with Crippen LogP contribution in [0.2, 0.25) is 0 Å². The minimum absolute atomic E-state index is 0.630. The number of rotatable bonds is 3. The van der Waals surface area contributed by atoms with Crippen LogP contribution in [0.4, 0.5) is 0 Å². The zero-order valence-corrected chi connectivity index (χ0v) is 16.1. The van der Waals surface area contributed by atoms with E-state index in [0.29, 0.717) is 17.9 Å². The Balaban J connectivity index is 2.23. The number of ether oxygens (including phenoxy) is 2. The zero-order valence-electron chi connectivity index (χ0n) is 13.7. The zero-order chi connectivity index (χ0) is 17.3. The predicted molar refractivity (Wildman–Crippen MR) is 103 cm³/mol. The minimum atomic E-state index is 0.630. The highest BCUT2D eigenvalue weighted by molar-refractivity contribution is 9.10. The molecule has 2 aromatic carbocycles. The summed E-state index contributed by atoms with van der Waals surface area (Å²) in [6.07, 6.45) is 0.630. The van der Waals surface area contributed by atoms with Crippen LogP contribution in [0.5, 0.6) is 11.5 Å². The summed E-state index contributed by atoms with van der Waals surface area (Å²) < 4.78 is 11.9. The van der Waals surface area contributed by atoms with Crippen LogP contribution in [0, 0.1) is 0 Å². The molecule has 1 heterocycles. The number of hydrogen-bond donors (Lipinski definition) is 0. The fourth-order valence-corrected chi connectivity index (χ4v) is 3.11. The fraction of sp³-hybridized carbons (Fsp3) is 0.222. The molecule has 1 aliphatic rings. The van der Waals surface area contributed by atoms with E-state index in [1.807, 2.05) is 43.4 Å². The molecule has 0 bridgehead atoms. The smallest absolute Gasteiger partial charge is 0.161 e. The summed E-state index contributed by atoms with van der Waals surface area (Å²) in [5.74, 6) is 1.37. The molecule has 0 aromatic heterocycles. The molecule has 0 fully saturated rings. The molecular weight excluding hydrogens is 388 g/mol. The Hall–Kier alpha value is -1.92. The summed E-state index contributed by atoms with van der Waals surface area (Å²) in [5, 5.41) is 6.48. The van der Waals surface area contributed by atoms with Gasteiger partial charge in [-0.3, -0.25) is 5.01 Å². The molecule has 0 amide bonds. The average Bonchev–Trinajstić information content (AvgIpc) is 2.71. The Kier molecular flexibility index (Phi) is 4.87. The molecule has 0 N–H and O–H groups in total. The number of thiocarbonyl (C=S) groups is 1. The molecule has 24 heavy (non-hydrogen) atoms. The number of hydrazone groups is 1. The summed E-state index contributed by atoms with van der Waals surface area (Å²) in [7, 11) is 5.14. The van der Waals surface area contributed by atoms with Crippen molar-refractivity contribution in [2.24, 2.45) is 5.10 Å². The maximum absolute atomic E-state index is 5.49. The number of fused-ring (bicyclic) bond motifs is 1. The van der Waals surface area contributed by atoms with Crippen molar-refractivity contribution in [1.29, 1.82) is 0 Å². The Morgan fingerprint density at radius 2 is 1.71 bits per heavy atom. The predicted octanol–water partition coefficient (Wildman–Crippen LogP) is 4.03. The summed E-state index contributed by atoms with van der Waals surface area (Å²) in [6, 6.07) is 12.0. The van der Waals surface area contributed by atoms with E-state index in [9.17, 15) is 0 Å². The first-order valence-corrected chi connectivity index (χ1v) is 8.60. The summed E-state index contributed by atoms with van der Waals surface area (Å²) in [5.41, 5.74) is 3.95. The monoisotopic (exact) mass is 404 g/mol. The average molecular weight is 405 g/mol. The molecular formula is C18H17BrN2O2S. The molecule has 0 saturated heterocycles. The summed E-state index contributed by atoms with van der Waals surface area (Å²) >= 11 is 8.97. The highest BCUT2D eigenvalue weighted by Gasteiger charge is 2.22. The van der Waals surface area contributed by atoms with Gasteiger partial charge in [0.2, 0.25) is 0 Å². The van der Waals surface area contributed by atoms with Gasteiger partial charge >= 0.3 is 0 Å². The standard InChI is InChI=1S/C18H17BrN2O2S/c1-21-17(24)9-12-8-15(22-2)16(23-3)10-14(12)18(20-21)11-4-6-13(19)7-5-11/h4-8,10H,9H2,1-3H3. The van der Waals surface area contributed by atoms with Gasteiger partial charge < -0.3 is 9.47 Å². The molecule has 1 aliphatic heterocycles. The number of methoxy groups -OCH3 is 2. The van der Waals surface area contributed by atoms with Gasteiger partial charge in [0.25, 0.3) is 0 Å². The van der Waals surface area contributed by atoms with E-state index < -0.39 is 0 Å². The maximum atomic E-state index is 5.49. The third kappa shape index (κ3) is 3.16. The molecule has 3 rings (SSSR count). The second kappa shape index (κ2) is 6.91. The SMILES string of the molecule is COc1cc2c(cc1OC)C(c1ccc(Br)cc1)=NN(C)C(=S)C2. The Morgan fingerprint density at radius 1 is 1.08 bits per heavy atom. The molecule has 124 valence electrons. The lowest BCUT2D eigenvalue weighted by Gasteiger charge is -2.14. The van der Waals surface area contributed by atoms with Crippen molar-refractivity contribution < 1.29 is 9.47 Å². The molecule has 0 unspecified atom stereocenters. The first-order chi connectivity index (χ1) is 11.5. The second-order valence-electron chi connectivity index (χ2n) is 5.41. The molecule has 0 atom stereocenters. The fourth-order valence-electron chi connectivity index (χ4n) is 2.65. The lowest BCUT2D eigenvalue weighted by Crippen LogP contribution is -2.20. The third-order valence-corrected chi connectivity index (χ3v) is 4.87. The van der Waals surface area contributed by atoms with Crippen molar-refractivity contribution in [3.63, 3.8) is 0 Å². The van der Waals surface area contributed by atoms with Gasteiger partial charge in [0, 0.05) is 29.1 Å². The number of nitrogens with zero attached hydrogens (tertiary/aromatic N) is 2. The Bertz CT molecular complexity index is 819. The van der Waals surface area contributed by atoms with Gasteiger partial charge in [-0.25, -0.2) is 0 Å². The first kappa shape index (κ1) is 16.9. The maximum Gasteiger partial charge on any atom is 0.161 e. The van der Waals surface area contributed by atoms with E-state index in [-0.39, 0.29) is 0 Å². The molecule has 0 radical (unpaired) electrons. The Morgan fingerprint density at radius 3 is 2.33 bits per heavy atom. The van der Waals surface area contributed by atoms with Crippen molar-refractivity contribution >= 4 is 38.8 Å². The van der Waals surface area contributed by atoms with Crippen molar-refractivity contribution in [3.05, 3.63) is 57.6 Å². The molecule has 0 saturated carbocycles. The van der Waals surface area contributed by atoms with Crippen LogP contribution < -0.4 is 9.47 Å². The van der Waals surface area contributed by atoms with E-state index in [2.05, 4.69) is 15.9 Å². The highest BCUT2D eigenvalue weighted by Crippen LogP contribution is 2.33. The first-order valence-electron chi connectivity index (χ1n) is 7.40. The minimum Gasteiger partial charge on any atom is -0.493 e. The van der Waals surface area contributed by atoms with Crippen LogP contribution in [0.25, 0.3) is 0 Å². The second-order valence-corrected chi connectivity index (χ2v) is 6.80. The van der Waals surface area contributed by atoms with Crippen LogP contribution in [0.1, 0.15) is 16.7 Å². The van der Waals surface area contributed by atoms with Crippen LogP contribution in [0.15, 0.2) is 46.0 Å². The topological polar surface area (TPSA) is 34.1 Å². The van der Waals surface area contributed by atoms with E-state index >= 15 is 0 Å². The molecule has 0 spiro atoms. The molecule has 2 aromatic rings. The normalized spacial score (nSPS) is 13.9. The third-order valence-electron chi connectivity index (χ3n) is 3.93. The van der Waals surface area contributed by atoms with Crippen LogP contribution in [0.3, 0.4) is 0 Å².